The van der Waals surface area contributed by atoms with Gasteiger partial charge in [0.1, 0.15) is 11.5 Å². The van der Waals surface area contributed by atoms with E-state index < -0.39 is 10.0 Å². The van der Waals surface area contributed by atoms with Crippen LogP contribution in [0.2, 0.25) is 0 Å². The monoisotopic (exact) mass is 456 g/mol. The average molecular weight is 457 g/mol. The van der Waals surface area contributed by atoms with Crippen LogP contribution in [0.1, 0.15) is 34.3 Å². The molecule has 0 saturated heterocycles. The molecule has 0 saturated carbocycles. The molecule has 0 unspecified atom stereocenters. The second-order valence-electron chi connectivity index (χ2n) is 7.32. The first kappa shape index (κ1) is 23.2. The van der Waals surface area contributed by atoms with Crippen LogP contribution in [-0.4, -0.2) is 37.3 Å². The van der Waals surface area contributed by atoms with Crippen molar-refractivity contribution in [1.82, 2.24) is 14.8 Å². The van der Waals surface area contributed by atoms with Crippen molar-refractivity contribution in [2.75, 3.05) is 12.4 Å². The topological polar surface area (TPSA) is 122 Å². The second kappa shape index (κ2) is 9.75. The summed E-state index contributed by atoms with van der Waals surface area (Å²) in [7, 11) is -2.06. The zero-order chi connectivity index (χ0) is 23.3. The van der Waals surface area contributed by atoms with E-state index in [1.807, 2.05) is 0 Å². The first-order valence-electron chi connectivity index (χ1n) is 9.78. The van der Waals surface area contributed by atoms with E-state index in [9.17, 15) is 18.0 Å². The number of nitrogens with one attached hydrogen (secondary N) is 2. The minimum absolute atomic E-state index is 0.0678. The minimum Gasteiger partial charge on any atom is -0.361 e. The van der Waals surface area contributed by atoms with Gasteiger partial charge in [0, 0.05) is 37.8 Å². The first-order valence-corrected chi connectivity index (χ1v) is 11.3. The normalized spacial score (nSPS) is 11.2. The lowest BCUT2D eigenvalue weighted by Gasteiger charge is -2.16. The van der Waals surface area contributed by atoms with Gasteiger partial charge in [-0.05, 0) is 48.9 Å². The summed E-state index contributed by atoms with van der Waals surface area (Å²) >= 11 is 0. The third kappa shape index (κ3) is 6.02. The van der Waals surface area contributed by atoms with Gasteiger partial charge in [-0.2, -0.15) is 0 Å². The summed E-state index contributed by atoms with van der Waals surface area (Å²) < 4.78 is 32.6. The molecule has 0 aliphatic heterocycles. The van der Waals surface area contributed by atoms with Crippen LogP contribution in [0.5, 0.6) is 0 Å². The molecule has 0 radical (unpaired) electrons. The molecule has 2 aromatic carbocycles. The van der Waals surface area contributed by atoms with E-state index >= 15 is 0 Å². The van der Waals surface area contributed by atoms with Crippen molar-refractivity contribution in [3.8, 4) is 0 Å². The fourth-order valence-corrected chi connectivity index (χ4v) is 3.99. The average Bonchev–Trinajstić information content (AvgIpc) is 3.16. The van der Waals surface area contributed by atoms with Crippen LogP contribution < -0.4 is 10.0 Å². The number of anilines is 1. The van der Waals surface area contributed by atoms with Crippen LogP contribution in [0.4, 0.5) is 5.69 Å². The van der Waals surface area contributed by atoms with Crippen molar-refractivity contribution in [3.63, 3.8) is 0 Å². The number of aryl methyl sites for hydroxylation is 1. The number of benzene rings is 2. The smallest absolute Gasteiger partial charge is 0.253 e. The van der Waals surface area contributed by atoms with Crippen LogP contribution in [0, 0.1) is 6.92 Å². The number of hydrogen-bond donors (Lipinski definition) is 2. The van der Waals surface area contributed by atoms with E-state index in [1.165, 1.54) is 36.1 Å². The lowest BCUT2D eigenvalue weighted by atomic mass is 10.1. The van der Waals surface area contributed by atoms with E-state index in [4.69, 9.17) is 4.52 Å². The molecule has 0 aliphatic rings. The van der Waals surface area contributed by atoms with E-state index in [0.29, 0.717) is 34.8 Å². The van der Waals surface area contributed by atoms with Gasteiger partial charge in [-0.25, -0.2) is 13.1 Å². The predicted octanol–water partition coefficient (Wildman–Crippen LogP) is 2.69. The number of sulfonamides is 1. The Balaban J connectivity index is 1.59. The standard InChI is InChI=1S/C22H24N4O5S/c1-15-12-20(25-31-15)14-26(3)22(28)18-6-4-17(5-7-18)13-23-32(29,30)21-10-8-19(9-11-21)24-16(2)27/h4-12,23H,13-14H2,1-3H3,(H,24,27). The third-order valence-corrected chi connectivity index (χ3v) is 5.99. The molecule has 0 spiro atoms. The quantitative estimate of drug-likeness (QED) is 0.537. The maximum atomic E-state index is 12.6. The maximum Gasteiger partial charge on any atom is 0.253 e. The number of aromatic nitrogens is 1. The Kier molecular flexibility index (Phi) is 7.06. The van der Waals surface area contributed by atoms with Gasteiger partial charge in [-0.3, -0.25) is 9.59 Å². The molecule has 0 bridgehead atoms. The molecule has 0 fully saturated rings. The van der Waals surface area contributed by atoms with Gasteiger partial charge < -0.3 is 14.7 Å². The predicted molar refractivity (Wildman–Crippen MR) is 118 cm³/mol. The summed E-state index contributed by atoms with van der Waals surface area (Å²) in [4.78, 5) is 25.3. The molecule has 32 heavy (non-hydrogen) atoms. The Morgan fingerprint density at radius 2 is 1.72 bits per heavy atom. The molecule has 1 heterocycles. The van der Waals surface area contributed by atoms with E-state index in [2.05, 4.69) is 15.2 Å². The van der Waals surface area contributed by atoms with E-state index in [0.717, 1.165) is 0 Å². The molecule has 0 atom stereocenters. The molecule has 1 aromatic heterocycles. The van der Waals surface area contributed by atoms with Crippen molar-refractivity contribution >= 4 is 27.5 Å². The molecule has 3 aromatic rings. The molecule has 0 aliphatic carbocycles. The van der Waals surface area contributed by atoms with Crippen molar-refractivity contribution in [2.45, 2.75) is 31.8 Å². The highest BCUT2D eigenvalue weighted by Gasteiger charge is 2.16. The van der Waals surface area contributed by atoms with Crippen molar-refractivity contribution < 1.29 is 22.5 Å². The largest absolute Gasteiger partial charge is 0.361 e. The molecule has 2 amide bonds. The summed E-state index contributed by atoms with van der Waals surface area (Å²) in [5, 5.41) is 6.47. The maximum absolute atomic E-state index is 12.6. The fraction of sp³-hybridized carbons (Fsp3) is 0.227. The fourth-order valence-electron chi connectivity index (χ4n) is 2.98. The second-order valence-corrected chi connectivity index (χ2v) is 9.08. The Morgan fingerprint density at radius 3 is 2.28 bits per heavy atom. The van der Waals surface area contributed by atoms with Crippen molar-refractivity contribution in [2.24, 2.45) is 0 Å². The molecule has 3 rings (SSSR count). The lowest BCUT2D eigenvalue weighted by Crippen LogP contribution is -2.26. The Hall–Kier alpha value is -3.50. The molecule has 168 valence electrons. The summed E-state index contributed by atoms with van der Waals surface area (Å²) in [5.74, 6) is 0.258. The van der Waals surface area contributed by atoms with Crippen LogP contribution >= 0.6 is 0 Å². The third-order valence-electron chi connectivity index (χ3n) is 4.57. The highest BCUT2D eigenvalue weighted by atomic mass is 32.2. The highest BCUT2D eigenvalue weighted by molar-refractivity contribution is 7.89. The summed E-state index contributed by atoms with van der Waals surface area (Å²) in [6, 6.07) is 14.3. The number of amides is 2. The number of nitrogens with zero attached hydrogens (tertiary/aromatic N) is 2. The lowest BCUT2D eigenvalue weighted by molar-refractivity contribution is -0.114. The highest BCUT2D eigenvalue weighted by Crippen LogP contribution is 2.15. The van der Waals surface area contributed by atoms with E-state index in [1.54, 1.807) is 44.3 Å². The van der Waals surface area contributed by atoms with Crippen LogP contribution in [-0.2, 0) is 27.9 Å². The summed E-state index contributed by atoms with van der Waals surface area (Å²) in [6.07, 6.45) is 0. The SMILES string of the molecule is CC(=O)Nc1ccc(S(=O)(=O)NCc2ccc(C(=O)N(C)Cc3cc(C)on3)cc2)cc1. The number of rotatable bonds is 8. The van der Waals surface area contributed by atoms with Gasteiger partial charge in [0.2, 0.25) is 15.9 Å². The van der Waals surface area contributed by atoms with Gasteiger partial charge in [0.15, 0.2) is 0 Å². The molecule has 2 N–H and O–H groups in total. The Morgan fingerprint density at radius 1 is 1.06 bits per heavy atom. The molecular weight excluding hydrogens is 432 g/mol. The molecule has 9 nitrogen and oxygen atoms in total. The van der Waals surface area contributed by atoms with Gasteiger partial charge in [-0.1, -0.05) is 17.3 Å². The van der Waals surface area contributed by atoms with Gasteiger partial charge in [0.05, 0.1) is 11.4 Å². The zero-order valence-corrected chi connectivity index (χ0v) is 18.8. The molecule has 10 heteroatoms. The Labute approximate surface area is 186 Å². The van der Waals surface area contributed by atoms with Crippen LogP contribution in [0.3, 0.4) is 0 Å². The first-order chi connectivity index (χ1) is 15.1. The minimum atomic E-state index is -3.73. The van der Waals surface area contributed by atoms with Crippen molar-refractivity contribution in [1.29, 1.82) is 0 Å². The zero-order valence-electron chi connectivity index (χ0n) is 18.0. The van der Waals surface area contributed by atoms with E-state index in [-0.39, 0.29) is 23.3 Å². The molecular formula is C22H24N4O5S. The van der Waals surface area contributed by atoms with Gasteiger partial charge >= 0.3 is 0 Å². The summed E-state index contributed by atoms with van der Waals surface area (Å²) in [5.41, 5.74) is 2.36. The van der Waals surface area contributed by atoms with Crippen LogP contribution in [0.15, 0.2) is 64.0 Å². The number of hydrogen-bond acceptors (Lipinski definition) is 6. The number of carbonyl (C=O) groups excluding carboxylic acids is 2. The number of carbonyl (C=O) groups is 2. The van der Waals surface area contributed by atoms with Crippen LogP contribution in [0.25, 0.3) is 0 Å². The van der Waals surface area contributed by atoms with Gasteiger partial charge in [-0.15, -0.1) is 0 Å². The van der Waals surface area contributed by atoms with Gasteiger partial charge in [0.25, 0.3) is 5.91 Å². The Bertz CT molecular complexity index is 1200. The van der Waals surface area contributed by atoms with Crippen molar-refractivity contribution in [3.05, 3.63) is 77.2 Å². The summed E-state index contributed by atoms with van der Waals surface area (Å²) in [6.45, 7) is 3.55.